The third-order valence-corrected chi connectivity index (χ3v) is 2.11. The van der Waals surface area contributed by atoms with Crippen LogP contribution < -0.4 is 5.73 Å². The molecule has 0 heterocycles. The first kappa shape index (κ1) is 7.28. The predicted molar refractivity (Wildman–Crippen MR) is 43.2 cm³/mol. The van der Waals surface area contributed by atoms with E-state index in [-0.39, 0.29) is 0 Å². The van der Waals surface area contributed by atoms with Gasteiger partial charge in [-0.15, -0.1) is 0 Å². The zero-order valence-electron chi connectivity index (χ0n) is 5.70. The zero-order chi connectivity index (χ0) is 7.56. The number of nitrogens with two attached hydrogens (primary N) is 1. The van der Waals surface area contributed by atoms with Crippen LogP contribution in [0.1, 0.15) is 0 Å². The number of hydrogen-bond donors (Lipinski definition) is 1. The summed E-state index contributed by atoms with van der Waals surface area (Å²) in [5.41, 5.74) is 6.12. The molecule has 0 spiro atoms. The standard InChI is InChI=1S/C7H9NOS/c1-10(9)7-4-2-3-6(8)5-7/h2-5H,8H2,1H3/t10-/m1/s1. The Kier molecular flexibility index (Phi) is 2.06. The Hall–Kier alpha value is -0.830. The predicted octanol–water partition coefficient (Wildman–Crippen LogP) is 1.01. The van der Waals surface area contributed by atoms with Crippen LogP contribution in [0.5, 0.6) is 0 Å². The van der Waals surface area contributed by atoms with Crippen LogP contribution in [0.2, 0.25) is 0 Å². The van der Waals surface area contributed by atoms with Gasteiger partial charge >= 0.3 is 0 Å². The highest BCUT2D eigenvalue weighted by atomic mass is 32.2. The van der Waals surface area contributed by atoms with Gasteiger partial charge in [0.2, 0.25) is 0 Å². The van der Waals surface area contributed by atoms with Crippen molar-refractivity contribution in [2.24, 2.45) is 0 Å². The van der Waals surface area contributed by atoms with Crippen LogP contribution in [-0.4, -0.2) is 10.5 Å². The average molecular weight is 155 g/mol. The quantitative estimate of drug-likeness (QED) is 0.615. The number of anilines is 1. The van der Waals surface area contributed by atoms with Crippen molar-refractivity contribution in [1.82, 2.24) is 0 Å². The minimum Gasteiger partial charge on any atom is -0.399 e. The lowest BCUT2D eigenvalue weighted by molar-refractivity contribution is 0.687. The Morgan fingerprint density at radius 2 is 2.20 bits per heavy atom. The first-order chi connectivity index (χ1) is 4.70. The molecule has 0 radical (unpaired) electrons. The van der Waals surface area contributed by atoms with Crippen molar-refractivity contribution >= 4 is 16.5 Å². The molecule has 1 atom stereocenters. The van der Waals surface area contributed by atoms with Gasteiger partial charge in [0.05, 0.1) is 0 Å². The second kappa shape index (κ2) is 2.84. The van der Waals surface area contributed by atoms with Gasteiger partial charge in [0, 0.05) is 27.6 Å². The molecule has 0 amide bonds. The van der Waals surface area contributed by atoms with Gasteiger partial charge in [-0.3, -0.25) is 4.21 Å². The third-order valence-electron chi connectivity index (χ3n) is 1.19. The Bertz CT molecular complexity index is 260. The van der Waals surface area contributed by atoms with E-state index in [1.807, 2.05) is 0 Å². The number of benzene rings is 1. The van der Waals surface area contributed by atoms with Crippen LogP contribution in [0.3, 0.4) is 0 Å². The van der Waals surface area contributed by atoms with E-state index < -0.39 is 10.8 Å². The Balaban J connectivity index is 3.07. The first-order valence-electron chi connectivity index (χ1n) is 2.89. The molecule has 0 aliphatic carbocycles. The summed E-state index contributed by atoms with van der Waals surface area (Å²) in [4.78, 5) is 0.778. The molecule has 54 valence electrons. The van der Waals surface area contributed by atoms with Crippen LogP contribution in [0, 0.1) is 0 Å². The van der Waals surface area contributed by atoms with Gasteiger partial charge in [-0.25, -0.2) is 0 Å². The van der Waals surface area contributed by atoms with E-state index in [9.17, 15) is 4.21 Å². The fraction of sp³-hybridized carbons (Fsp3) is 0.143. The van der Waals surface area contributed by atoms with E-state index in [1.165, 1.54) is 0 Å². The monoisotopic (exact) mass is 155 g/mol. The van der Waals surface area contributed by atoms with Crippen molar-refractivity contribution in [3.63, 3.8) is 0 Å². The summed E-state index contributed by atoms with van der Waals surface area (Å²) in [6, 6.07) is 7.09. The average Bonchev–Trinajstić information content (AvgIpc) is 1.88. The van der Waals surface area contributed by atoms with E-state index in [2.05, 4.69) is 0 Å². The van der Waals surface area contributed by atoms with Gasteiger partial charge < -0.3 is 5.73 Å². The highest BCUT2D eigenvalue weighted by molar-refractivity contribution is 7.84. The topological polar surface area (TPSA) is 43.1 Å². The zero-order valence-corrected chi connectivity index (χ0v) is 6.52. The molecule has 3 heteroatoms. The van der Waals surface area contributed by atoms with E-state index >= 15 is 0 Å². The van der Waals surface area contributed by atoms with Crippen molar-refractivity contribution in [2.45, 2.75) is 4.90 Å². The van der Waals surface area contributed by atoms with E-state index in [4.69, 9.17) is 5.73 Å². The number of hydrogen-bond acceptors (Lipinski definition) is 2. The second-order valence-electron chi connectivity index (χ2n) is 2.03. The van der Waals surface area contributed by atoms with Crippen molar-refractivity contribution in [3.05, 3.63) is 24.3 Å². The fourth-order valence-electron chi connectivity index (χ4n) is 0.693. The molecule has 0 aliphatic rings. The first-order valence-corrected chi connectivity index (χ1v) is 4.45. The van der Waals surface area contributed by atoms with Crippen LogP contribution in [0.4, 0.5) is 5.69 Å². The van der Waals surface area contributed by atoms with Crippen molar-refractivity contribution in [3.8, 4) is 0 Å². The molecule has 2 N–H and O–H groups in total. The normalized spacial score (nSPS) is 12.9. The molecular formula is C7H9NOS. The third kappa shape index (κ3) is 1.57. The van der Waals surface area contributed by atoms with E-state index in [1.54, 1.807) is 30.5 Å². The lowest BCUT2D eigenvalue weighted by atomic mass is 10.3. The summed E-state index contributed by atoms with van der Waals surface area (Å²) < 4.78 is 10.9. The van der Waals surface area contributed by atoms with Crippen LogP contribution >= 0.6 is 0 Å². The summed E-state index contributed by atoms with van der Waals surface area (Å²) in [5.74, 6) is 0. The van der Waals surface area contributed by atoms with Gasteiger partial charge in [0.15, 0.2) is 0 Å². The molecule has 0 aromatic heterocycles. The maximum Gasteiger partial charge on any atom is 0.0498 e. The van der Waals surface area contributed by atoms with Gasteiger partial charge in [0.1, 0.15) is 0 Å². The lowest BCUT2D eigenvalue weighted by Gasteiger charge is -1.95. The molecule has 0 bridgehead atoms. The summed E-state index contributed by atoms with van der Waals surface area (Å²) in [6.45, 7) is 0. The van der Waals surface area contributed by atoms with Gasteiger partial charge in [-0.2, -0.15) is 0 Å². The van der Waals surface area contributed by atoms with Gasteiger partial charge in [-0.05, 0) is 18.2 Å². The highest BCUT2D eigenvalue weighted by Crippen LogP contribution is 2.08. The van der Waals surface area contributed by atoms with E-state index in [0.29, 0.717) is 5.69 Å². The van der Waals surface area contributed by atoms with Gasteiger partial charge in [-0.1, -0.05) is 6.07 Å². The molecular weight excluding hydrogens is 146 g/mol. The largest absolute Gasteiger partial charge is 0.399 e. The molecule has 1 aromatic rings. The molecule has 0 saturated carbocycles. The van der Waals surface area contributed by atoms with Crippen LogP contribution in [0.15, 0.2) is 29.2 Å². The second-order valence-corrected chi connectivity index (χ2v) is 3.41. The molecule has 1 rings (SSSR count). The molecule has 2 nitrogen and oxygen atoms in total. The maximum absolute atomic E-state index is 10.9. The van der Waals surface area contributed by atoms with Crippen LogP contribution in [0.25, 0.3) is 0 Å². The van der Waals surface area contributed by atoms with Crippen molar-refractivity contribution < 1.29 is 4.21 Å². The minimum atomic E-state index is -0.919. The summed E-state index contributed by atoms with van der Waals surface area (Å²) in [7, 11) is -0.919. The van der Waals surface area contributed by atoms with Gasteiger partial charge in [0.25, 0.3) is 0 Å². The highest BCUT2D eigenvalue weighted by Gasteiger charge is 1.94. The maximum atomic E-state index is 10.9. The van der Waals surface area contributed by atoms with Crippen LogP contribution in [-0.2, 0) is 10.8 Å². The summed E-state index contributed by atoms with van der Waals surface area (Å²) in [5, 5.41) is 0. The fourth-order valence-corrected chi connectivity index (χ4v) is 1.27. The van der Waals surface area contributed by atoms with Crippen molar-refractivity contribution in [1.29, 1.82) is 0 Å². The molecule has 0 aliphatic heterocycles. The summed E-state index contributed by atoms with van der Waals surface area (Å²) in [6.07, 6.45) is 1.63. The Morgan fingerprint density at radius 3 is 2.60 bits per heavy atom. The summed E-state index contributed by atoms with van der Waals surface area (Å²) >= 11 is 0. The Morgan fingerprint density at radius 1 is 1.50 bits per heavy atom. The molecule has 1 aromatic carbocycles. The molecule has 0 saturated heterocycles. The van der Waals surface area contributed by atoms with E-state index in [0.717, 1.165) is 4.90 Å². The number of nitrogen functional groups attached to an aromatic ring is 1. The molecule has 0 unspecified atom stereocenters. The minimum absolute atomic E-state index is 0.660. The molecule has 10 heavy (non-hydrogen) atoms. The Labute approximate surface area is 62.5 Å². The smallest absolute Gasteiger partial charge is 0.0498 e. The molecule has 0 fully saturated rings. The number of rotatable bonds is 1. The van der Waals surface area contributed by atoms with Crippen molar-refractivity contribution in [2.75, 3.05) is 12.0 Å². The SMILES string of the molecule is C[S@@](=O)c1cccc(N)c1. The lowest BCUT2D eigenvalue weighted by Crippen LogP contribution is -1.89.